The van der Waals surface area contributed by atoms with Gasteiger partial charge in [-0.15, -0.1) is 0 Å². The Morgan fingerprint density at radius 1 is 1.29 bits per heavy atom. The van der Waals surface area contributed by atoms with Crippen LogP contribution in [0.1, 0.15) is 30.3 Å². The summed E-state index contributed by atoms with van der Waals surface area (Å²) in [6.45, 7) is 4.45. The van der Waals surface area contributed by atoms with E-state index in [1.54, 1.807) is 11.3 Å². The molecule has 112 valence electrons. The number of hydrogen-bond donors (Lipinski definition) is 1. The maximum atomic E-state index is 10.4. The fraction of sp³-hybridized carbons (Fsp3) is 0.412. The minimum atomic E-state index is -0.445. The van der Waals surface area contributed by atoms with Crippen LogP contribution in [0.15, 0.2) is 47.2 Å². The van der Waals surface area contributed by atoms with Gasteiger partial charge in [0.05, 0.1) is 18.3 Å². The van der Waals surface area contributed by atoms with Crippen molar-refractivity contribution in [3.05, 3.63) is 58.3 Å². The molecule has 0 bridgehead atoms. The van der Waals surface area contributed by atoms with Crippen molar-refractivity contribution in [3.8, 4) is 0 Å². The van der Waals surface area contributed by atoms with E-state index in [1.807, 2.05) is 30.3 Å². The van der Waals surface area contributed by atoms with Crippen molar-refractivity contribution in [2.75, 3.05) is 19.6 Å². The fourth-order valence-electron chi connectivity index (χ4n) is 2.86. The van der Waals surface area contributed by atoms with Crippen LogP contribution >= 0.6 is 11.3 Å². The zero-order valence-corrected chi connectivity index (χ0v) is 13.0. The molecule has 1 aliphatic heterocycles. The maximum absolute atomic E-state index is 10.4. The van der Waals surface area contributed by atoms with Crippen molar-refractivity contribution in [1.82, 2.24) is 4.90 Å². The highest BCUT2D eigenvalue weighted by atomic mass is 32.1. The van der Waals surface area contributed by atoms with Gasteiger partial charge in [0.25, 0.3) is 0 Å². The first-order valence-electron chi connectivity index (χ1n) is 7.35. The molecule has 3 atom stereocenters. The van der Waals surface area contributed by atoms with Gasteiger partial charge < -0.3 is 9.84 Å². The topological polar surface area (TPSA) is 32.7 Å². The average molecular weight is 303 g/mol. The average Bonchev–Trinajstić information content (AvgIpc) is 3.02. The lowest BCUT2D eigenvalue weighted by molar-refractivity contribution is -0.0868. The molecule has 1 saturated heterocycles. The number of morpholine rings is 1. The second-order valence-corrected chi connectivity index (χ2v) is 6.42. The summed E-state index contributed by atoms with van der Waals surface area (Å²) < 4.78 is 6.03. The summed E-state index contributed by atoms with van der Waals surface area (Å²) in [7, 11) is 0. The fourth-order valence-corrected chi connectivity index (χ4v) is 3.56. The van der Waals surface area contributed by atoms with Gasteiger partial charge in [-0.05, 0) is 34.9 Å². The highest BCUT2D eigenvalue weighted by Crippen LogP contribution is 2.28. The Labute approximate surface area is 129 Å². The van der Waals surface area contributed by atoms with Crippen molar-refractivity contribution in [1.29, 1.82) is 0 Å². The third kappa shape index (κ3) is 3.71. The molecule has 1 fully saturated rings. The van der Waals surface area contributed by atoms with Crippen LogP contribution in [0.5, 0.6) is 0 Å². The van der Waals surface area contributed by atoms with Crippen LogP contribution in [-0.4, -0.2) is 35.7 Å². The SMILES string of the molecule is C[C@@H]1CN(C[C@@H](O)c2ccccc2)C[C@@H](c2ccsc2)O1. The lowest BCUT2D eigenvalue weighted by Gasteiger charge is -2.37. The lowest BCUT2D eigenvalue weighted by Crippen LogP contribution is -2.44. The van der Waals surface area contributed by atoms with Crippen LogP contribution in [0.2, 0.25) is 0 Å². The third-order valence-corrected chi connectivity index (χ3v) is 4.57. The van der Waals surface area contributed by atoms with E-state index < -0.39 is 6.10 Å². The zero-order valence-electron chi connectivity index (χ0n) is 12.2. The lowest BCUT2D eigenvalue weighted by atomic mass is 10.1. The minimum Gasteiger partial charge on any atom is -0.387 e. The molecule has 2 heterocycles. The summed E-state index contributed by atoms with van der Waals surface area (Å²) in [6, 6.07) is 12.0. The van der Waals surface area contributed by atoms with Crippen molar-refractivity contribution in [2.24, 2.45) is 0 Å². The van der Waals surface area contributed by atoms with Crippen LogP contribution in [0.4, 0.5) is 0 Å². The molecule has 2 aromatic rings. The van der Waals surface area contributed by atoms with Crippen molar-refractivity contribution in [2.45, 2.75) is 25.2 Å². The number of nitrogens with zero attached hydrogens (tertiary/aromatic N) is 1. The van der Waals surface area contributed by atoms with Crippen LogP contribution < -0.4 is 0 Å². The standard InChI is InChI=1S/C17H21NO2S/c1-13-9-18(10-16(19)14-5-3-2-4-6-14)11-17(20-13)15-7-8-21-12-15/h2-8,12-13,16-17,19H,9-11H2,1H3/t13-,16-,17+/m1/s1. The van der Waals surface area contributed by atoms with E-state index in [0.29, 0.717) is 6.54 Å². The predicted octanol–water partition coefficient (Wildman–Crippen LogP) is 3.24. The Bertz CT molecular complexity index is 543. The Kier molecular flexibility index (Phi) is 4.70. The first-order valence-corrected chi connectivity index (χ1v) is 8.29. The van der Waals surface area contributed by atoms with E-state index in [-0.39, 0.29) is 12.2 Å². The number of β-amino-alcohol motifs (C(OH)–C–C–N with tert-alkyl or cyclic N) is 1. The van der Waals surface area contributed by atoms with Crippen LogP contribution in [0.3, 0.4) is 0 Å². The first kappa shape index (κ1) is 14.7. The summed E-state index contributed by atoms with van der Waals surface area (Å²) in [5.41, 5.74) is 2.22. The van der Waals surface area contributed by atoms with Crippen LogP contribution in [0, 0.1) is 0 Å². The molecule has 1 aromatic carbocycles. The number of aliphatic hydroxyl groups excluding tert-OH is 1. The van der Waals surface area contributed by atoms with Gasteiger partial charge in [0.15, 0.2) is 0 Å². The Morgan fingerprint density at radius 3 is 2.81 bits per heavy atom. The van der Waals surface area contributed by atoms with Gasteiger partial charge in [0.1, 0.15) is 0 Å². The van der Waals surface area contributed by atoms with Crippen LogP contribution in [0.25, 0.3) is 0 Å². The maximum Gasteiger partial charge on any atom is 0.0964 e. The number of hydrogen-bond acceptors (Lipinski definition) is 4. The highest BCUT2D eigenvalue weighted by molar-refractivity contribution is 7.07. The molecule has 0 saturated carbocycles. The first-order chi connectivity index (χ1) is 10.2. The zero-order chi connectivity index (χ0) is 14.7. The minimum absolute atomic E-state index is 0.114. The molecule has 1 aliphatic rings. The number of ether oxygens (including phenoxy) is 1. The second kappa shape index (κ2) is 6.71. The van der Waals surface area contributed by atoms with Gasteiger partial charge in [0.2, 0.25) is 0 Å². The smallest absolute Gasteiger partial charge is 0.0964 e. The van der Waals surface area contributed by atoms with Gasteiger partial charge in [0, 0.05) is 19.6 Å². The molecule has 3 rings (SSSR count). The molecule has 0 aliphatic carbocycles. The summed E-state index contributed by atoms with van der Waals surface area (Å²) in [5.74, 6) is 0. The quantitative estimate of drug-likeness (QED) is 0.941. The number of thiophene rings is 1. The Hall–Kier alpha value is -1.20. The highest BCUT2D eigenvalue weighted by Gasteiger charge is 2.28. The largest absolute Gasteiger partial charge is 0.387 e. The molecule has 0 radical (unpaired) electrons. The molecule has 0 unspecified atom stereocenters. The van der Waals surface area contributed by atoms with Gasteiger partial charge in [-0.1, -0.05) is 30.3 Å². The van der Waals surface area contributed by atoms with Gasteiger partial charge >= 0.3 is 0 Å². The third-order valence-electron chi connectivity index (χ3n) is 3.87. The molecular weight excluding hydrogens is 282 g/mol. The number of aliphatic hydroxyl groups is 1. The van der Waals surface area contributed by atoms with Crippen molar-refractivity contribution < 1.29 is 9.84 Å². The number of benzene rings is 1. The summed E-state index contributed by atoms with van der Waals surface area (Å²) in [5, 5.41) is 14.6. The summed E-state index contributed by atoms with van der Waals surface area (Å²) in [4.78, 5) is 2.30. The predicted molar refractivity (Wildman–Crippen MR) is 85.4 cm³/mol. The van der Waals surface area contributed by atoms with Gasteiger partial charge in [-0.3, -0.25) is 4.90 Å². The van der Waals surface area contributed by atoms with E-state index in [0.717, 1.165) is 18.7 Å². The van der Waals surface area contributed by atoms with Crippen LogP contribution in [-0.2, 0) is 4.74 Å². The number of rotatable bonds is 4. The van der Waals surface area contributed by atoms with Gasteiger partial charge in [-0.2, -0.15) is 11.3 Å². The van der Waals surface area contributed by atoms with E-state index in [4.69, 9.17) is 4.74 Å². The summed E-state index contributed by atoms with van der Waals surface area (Å²) >= 11 is 1.70. The second-order valence-electron chi connectivity index (χ2n) is 5.64. The molecule has 1 N–H and O–H groups in total. The molecule has 0 amide bonds. The molecule has 3 nitrogen and oxygen atoms in total. The molecule has 4 heteroatoms. The monoisotopic (exact) mass is 303 g/mol. The molecule has 21 heavy (non-hydrogen) atoms. The van der Waals surface area contributed by atoms with Crippen molar-refractivity contribution in [3.63, 3.8) is 0 Å². The normalized spacial score (nSPS) is 24.9. The van der Waals surface area contributed by atoms with E-state index in [1.165, 1.54) is 5.56 Å². The van der Waals surface area contributed by atoms with E-state index in [2.05, 4.69) is 28.7 Å². The Morgan fingerprint density at radius 2 is 2.10 bits per heavy atom. The van der Waals surface area contributed by atoms with Gasteiger partial charge in [-0.25, -0.2) is 0 Å². The molecule has 0 spiro atoms. The van der Waals surface area contributed by atoms with E-state index in [9.17, 15) is 5.11 Å². The Balaban J connectivity index is 1.65. The molecular formula is C17H21NO2S. The summed E-state index contributed by atoms with van der Waals surface area (Å²) in [6.07, 6.45) is -0.144. The molecule has 1 aromatic heterocycles. The van der Waals surface area contributed by atoms with E-state index >= 15 is 0 Å². The van der Waals surface area contributed by atoms with Crippen molar-refractivity contribution >= 4 is 11.3 Å².